The summed E-state index contributed by atoms with van der Waals surface area (Å²) in [6.45, 7) is 0. The monoisotopic (exact) mass is 881 g/mol. The van der Waals surface area contributed by atoms with Crippen molar-refractivity contribution in [3.8, 4) is 78.3 Å². The van der Waals surface area contributed by atoms with Crippen molar-refractivity contribution in [3.63, 3.8) is 0 Å². The van der Waals surface area contributed by atoms with E-state index in [4.69, 9.17) is 0 Å². The van der Waals surface area contributed by atoms with Crippen LogP contribution in [0.15, 0.2) is 207 Å². The summed E-state index contributed by atoms with van der Waals surface area (Å²) < 4.78 is 0. The fourth-order valence-electron chi connectivity index (χ4n) is 6.57. The molecule has 0 saturated carbocycles. The SMILES string of the molecule is [Ir+3].[c-]1ccccc1-c1cc(-c2ccccc2-c2ccccc2-c2ccccc2-c2cc[c-]c(-c3ccccn3)c2)ccn1.[c-]1ccccc1-c1ccccn1. The van der Waals surface area contributed by atoms with Crippen LogP contribution in [0.4, 0.5) is 0 Å². The van der Waals surface area contributed by atoms with Crippen LogP contribution in [0.2, 0.25) is 0 Å². The number of pyridine rings is 3. The zero-order valence-corrected chi connectivity index (χ0v) is 32.2. The minimum Gasteiger partial charge on any atom is -0.305 e. The molecule has 0 N–H and O–H groups in total. The molecule has 0 amide bonds. The molecule has 55 heavy (non-hydrogen) atoms. The van der Waals surface area contributed by atoms with Crippen LogP contribution < -0.4 is 0 Å². The Morgan fingerprint density at radius 1 is 0.291 bits per heavy atom. The summed E-state index contributed by atoms with van der Waals surface area (Å²) in [5.74, 6) is 0. The zero-order valence-electron chi connectivity index (χ0n) is 29.8. The Labute approximate surface area is 336 Å². The smallest absolute Gasteiger partial charge is 0.305 e. The topological polar surface area (TPSA) is 38.7 Å². The van der Waals surface area contributed by atoms with E-state index in [1.807, 2.05) is 103 Å². The van der Waals surface area contributed by atoms with E-state index in [2.05, 4.69) is 130 Å². The number of nitrogens with zero attached hydrogens (tertiary/aromatic N) is 3. The van der Waals surface area contributed by atoms with Gasteiger partial charge in [0.05, 0.1) is 0 Å². The molecule has 0 bridgehead atoms. The molecule has 0 unspecified atom stereocenters. The van der Waals surface area contributed by atoms with Crippen LogP contribution in [0.1, 0.15) is 0 Å². The van der Waals surface area contributed by atoms with Gasteiger partial charge in [0.15, 0.2) is 0 Å². The molecule has 0 aliphatic rings. The van der Waals surface area contributed by atoms with Gasteiger partial charge in [0.2, 0.25) is 0 Å². The molecule has 9 aromatic rings. The average molecular weight is 881 g/mol. The van der Waals surface area contributed by atoms with Gasteiger partial charge in [-0.3, -0.25) is 0 Å². The Kier molecular flexibility index (Phi) is 12.0. The van der Waals surface area contributed by atoms with Gasteiger partial charge in [-0.1, -0.05) is 103 Å². The standard InChI is InChI=1S/C40H26N2.C11H8N.Ir/c1-2-13-29(14-3-1)40-28-31(24-26-42-40)34-18-5-7-20-36(34)38-22-9-8-21-37(38)35-19-6-4-17-33(35)30-15-12-16-32(27-30)39-23-10-11-25-41-39;1-2-6-10(7-3-1)11-8-4-5-9-12-11;/h1-13,15,17-28H;1-6,8-9H;/q-2;-1;+3. The van der Waals surface area contributed by atoms with Crippen molar-refractivity contribution < 1.29 is 20.1 Å². The largest absolute Gasteiger partial charge is 3.00 e. The molecule has 3 nitrogen and oxygen atoms in total. The molecule has 0 radical (unpaired) electrons. The molecule has 0 fully saturated rings. The third-order valence-corrected chi connectivity index (χ3v) is 9.12. The normalized spacial score (nSPS) is 10.4. The molecule has 3 aromatic heterocycles. The summed E-state index contributed by atoms with van der Waals surface area (Å²) in [7, 11) is 0. The van der Waals surface area contributed by atoms with Crippen LogP contribution in [0, 0.1) is 18.2 Å². The van der Waals surface area contributed by atoms with Gasteiger partial charge in [-0.2, -0.15) is 0 Å². The van der Waals surface area contributed by atoms with Gasteiger partial charge in [-0.25, -0.2) is 0 Å². The Hall–Kier alpha value is -6.58. The molecule has 0 spiro atoms. The molecule has 3 heterocycles. The first-order valence-corrected chi connectivity index (χ1v) is 17.8. The Morgan fingerprint density at radius 2 is 0.709 bits per heavy atom. The van der Waals surface area contributed by atoms with Crippen molar-refractivity contribution in [1.29, 1.82) is 0 Å². The minimum atomic E-state index is 0. The van der Waals surface area contributed by atoms with E-state index in [-0.39, 0.29) is 20.1 Å². The molecular formula is C51H34IrN3. The van der Waals surface area contributed by atoms with E-state index in [9.17, 15) is 0 Å². The van der Waals surface area contributed by atoms with Crippen molar-refractivity contribution in [1.82, 2.24) is 15.0 Å². The van der Waals surface area contributed by atoms with E-state index in [1.54, 1.807) is 6.20 Å². The molecule has 0 saturated heterocycles. The van der Waals surface area contributed by atoms with Crippen molar-refractivity contribution in [2.45, 2.75) is 0 Å². The number of hydrogen-bond acceptors (Lipinski definition) is 3. The molecule has 4 heteroatoms. The van der Waals surface area contributed by atoms with Gasteiger partial charge >= 0.3 is 20.1 Å². The van der Waals surface area contributed by atoms with Gasteiger partial charge in [0, 0.05) is 18.6 Å². The van der Waals surface area contributed by atoms with Crippen molar-refractivity contribution in [2.24, 2.45) is 0 Å². The molecule has 9 rings (SSSR count). The van der Waals surface area contributed by atoms with E-state index in [0.717, 1.165) is 50.5 Å². The summed E-state index contributed by atoms with van der Waals surface area (Å²) >= 11 is 0. The molecule has 262 valence electrons. The zero-order chi connectivity index (χ0) is 36.4. The number of hydrogen-bond donors (Lipinski definition) is 0. The van der Waals surface area contributed by atoms with Gasteiger partial charge in [-0.15, -0.1) is 107 Å². The van der Waals surface area contributed by atoms with Crippen LogP contribution in [0.3, 0.4) is 0 Å². The second kappa shape index (κ2) is 18.0. The summed E-state index contributed by atoms with van der Waals surface area (Å²) in [4.78, 5) is 13.4. The maximum atomic E-state index is 4.64. The maximum absolute atomic E-state index is 4.64. The van der Waals surface area contributed by atoms with Crippen LogP contribution in [0.25, 0.3) is 78.3 Å². The summed E-state index contributed by atoms with van der Waals surface area (Å²) in [6, 6.07) is 73.9. The molecular weight excluding hydrogens is 847 g/mol. The maximum Gasteiger partial charge on any atom is 3.00 e. The molecule has 0 aliphatic carbocycles. The number of rotatable bonds is 7. The second-order valence-electron chi connectivity index (χ2n) is 12.5. The molecule has 6 aromatic carbocycles. The van der Waals surface area contributed by atoms with E-state index in [1.165, 1.54) is 27.8 Å². The van der Waals surface area contributed by atoms with Crippen LogP contribution in [-0.2, 0) is 20.1 Å². The summed E-state index contributed by atoms with van der Waals surface area (Å²) in [5, 5.41) is 0. The van der Waals surface area contributed by atoms with Gasteiger partial charge in [0.25, 0.3) is 0 Å². The second-order valence-corrected chi connectivity index (χ2v) is 12.5. The first-order chi connectivity index (χ1) is 26.8. The number of benzene rings is 6. The van der Waals surface area contributed by atoms with Crippen molar-refractivity contribution in [2.75, 3.05) is 0 Å². The van der Waals surface area contributed by atoms with Crippen LogP contribution >= 0.6 is 0 Å². The third-order valence-electron chi connectivity index (χ3n) is 9.12. The Balaban J connectivity index is 0.000000305. The Morgan fingerprint density at radius 3 is 1.22 bits per heavy atom. The predicted molar refractivity (Wildman–Crippen MR) is 221 cm³/mol. The van der Waals surface area contributed by atoms with Crippen LogP contribution in [-0.4, -0.2) is 15.0 Å². The minimum absolute atomic E-state index is 0. The quantitative estimate of drug-likeness (QED) is 0.150. The van der Waals surface area contributed by atoms with Crippen LogP contribution in [0.5, 0.6) is 0 Å². The van der Waals surface area contributed by atoms with Crippen molar-refractivity contribution in [3.05, 3.63) is 225 Å². The first kappa shape index (κ1) is 36.8. The third kappa shape index (κ3) is 8.64. The van der Waals surface area contributed by atoms with Gasteiger partial charge < -0.3 is 15.0 Å². The van der Waals surface area contributed by atoms with E-state index in [0.29, 0.717) is 0 Å². The molecule has 0 atom stereocenters. The average Bonchev–Trinajstić information content (AvgIpc) is 3.28. The van der Waals surface area contributed by atoms with Gasteiger partial charge in [0.1, 0.15) is 0 Å². The number of aromatic nitrogens is 3. The van der Waals surface area contributed by atoms with Crippen molar-refractivity contribution >= 4 is 0 Å². The fourth-order valence-corrected chi connectivity index (χ4v) is 6.57. The van der Waals surface area contributed by atoms with E-state index >= 15 is 0 Å². The summed E-state index contributed by atoms with van der Waals surface area (Å²) in [5.41, 5.74) is 15.1. The molecule has 0 aliphatic heterocycles. The first-order valence-electron chi connectivity index (χ1n) is 17.8. The summed E-state index contributed by atoms with van der Waals surface area (Å²) in [6.07, 6.45) is 5.49. The van der Waals surface area contributed by atoms with E-state index < -0.39 is 0 Å². The Bertz CT molecular complexity index is 2410. The van der Waals surface area contributed by atoms with Gasteiger partial charge in [-0.05, 0) is 74.2 Å². The predicted octanol–water partition coefficient (Wildman–Crippen LogP) is 12.6. The fraction of sp³-hybridized carbons (Fsp3) is 0.